The van der Waals surface area contributed by atoms with Gasteiger partial charge in [0.1, 0.15) is 12.2 Å². The van der Waals surface area contributed by atoms with Crippen molar-refractivity contribution in [1.82, 2.24) is 9.80 Å². The molecule has 0 aliphatic carbocycles. The van der Waals surface area contributed by atoms with Crippen molar-refractivity contribution in [3.63, 3.8) is 0 Å². The van der Waals surface area contributed by atoms with Crippen LogP contribution in [0.3, 0.4) is 0 Å². The van der Waals surface area contributed by atoms with Gasteiger partial charge in [-0.25, -0.2) is 0 Å². The van der Waals surface area contributed by atoms with E-state index in [2.05, 4.69) is 11.0 Å². The molecular formula is C20H30N2O5. The Morgan fingerprint density at radius 2 is 2.04 bits per heavy atom. The molecule has 1 aromatic carbocycles. The lowest BCUT2D eigenvalue weighted by Crippen LogP contribution is -2.59. The van der Waals surface area contributed by atoms with Gasteiger partial charge in [-0.05, 0) is 19.9 Å². The minimum atomic E-state index is -0.499. The Hall–Kier alpha value is -1.83. The molecule has 2 saturated heterocycles. The first kappa shape index (κ1) is 19.9. The summed E-state index contributed by atoms with van der Waals surface area (Å²) in [6.45, 7) is 7.99. The number of nitrogens with zero attached hydrogens (tertiary/aromatic N) is 2. The van der Waals surface area contributed by atoms with Gasteiger partial charge in [-0.3, -0.25) is 9.69 Å². The fraction of sp³-hybridized carbons (Fsp3) is 0.650. The van der Waals surface area contributed by atoms with E-state index in [9.17, 15) is 4.79 Å². The molecule has 2 aliphatic heterocycles. The average molecular weight is 378 g/mol. The van der Waals surface area contributed by atoms with Crippen LogP contribution < -0.4 is 9.47 Å². The number of carbonyl (C=O) groups is 1. The van der Waals surface area contributed by atoms with E-state index in [-0.39, 0.29) is 18.6 Å². The molecule has 2 fully saturated rings. The number of benzene rings is 1. The van der Waals surface area contributed by atoms with Crippen LogP contribution in [0.15, 0.2) is 18.2 Å². The first-order valence-corrected chi connectivity index (χ1v) is 9.41. The van der Waals surface area contributed by atoms with Gasteiger partial charge in [0.25, 0.3) is 0 Å². The highest BCUT2D eigenvalue weighted by atomic mass is 16.6. The molecule has 0 N–H and O–H groups in total. The third-order valence-electron chi connectivity index (χ3n) is 5.20. The van der Waals surface area contributed by atoms with E-state index < -0.39 is 5.60 Å². The van der Waals surface area contributed by atoms with Gasteiger partial charge in [0.2, 0.25) is 5.91 Å². The van der Waals surface area contributed by atoms with Gasteiger partial charge in [-0.15, -0.1) is 0 Å². The van der Waals surface area contributed by atoms with Crippen LogP contribution in [-0.4, -0.2) is 81.0 Å². The van der Waals surface area contributed by atoms with E-state index >= 15 is 0 Å². The lowest BCUT2D eigenvalue weighted by atomic mass is 10.0. The third-order valence-corrected chi connectivity index (χ3v) is 5.20. The number of methoxy groups -OCH3 is 2. The number of hydrogen-bond donors (Lipinski definition) is 0. The van der Waals surface area contributed by atoms with Gasteiger partial charge in [0.15, 0.2) is 11.5 Å². The number of morpholine rings is 1. The van der Waals surface area contributed by atoms with Crippen molar-refractivity contribution in [2.75, 3.05) is 53.7 Å². The number of rotatable bonds is 5. The summed E-state index contributed by atoms with van der Waals surface area (Å²) >= 11 is 0. The predicted molar refractivity (Wildman–Crippen MR) is 101 cm³/mol. The molecule has 1 aromatic rings. The Balaban J connectivity index is 1.77. The number of carbonyl (C=O) groups excluding carboxylic acids is 1. The maximum absolute atomic E-state index is 12.3. The van der Waals surface area contributed by atoms with Crippen molar-refractivity contribution in [3.8, 4) is 11.5 Å². The minimum absolute atomic E-state index is 0.0251. The molecule has 0 radical (unpaired) electrons. The second-order valence-corrected chi connectivity index (χ2v) is 7.50. The number of hydrogen-bond acceptors (Lipinski definition) is 6. The van der Waals surface area contributed by atoms with Crippen LogP contribution in [0, 0.1) is 0 Å². The summed E-state index contributed by atoms with van der Waals surface area (Å²) in [5.41, 5.74) is 0.570. The second-order valence-electron chi connectivity index (χ2n) is 7.50. The summed E-state index contributed by atoms with van der Waals surface area (Å²) in [7, 11) is 3.30. The SMILES string of the molecule is COc1cccc(CN2CCOC3(COCC(=O)N(C(C)C)C3)C2)c1OC. The molecule has 0 aromatic heterocycles. The molecule has 7 nitrogen and oxygen atoms in total. The molecular weight excluding hydrogens is 348 g/mol. The Kier molecular flexibility index (Phi) is 6.24. The van der Waals surface area contributed by atoms with Gasteiger partial charge in [0.05, 0.1) is 34.0 Å². The maximum Gasteiger partial charge on any atom is 0.248 e. The van der Waals surface area contributed by atoms with Crippen molar-refractivity contribution >= 4 is 5.91 Å². The van der Waals surface area contributed by atoms with Crippen molar-refractivity contribution in [2.24, 2.45) is 0 Å². The molecule has 7 heteroatoms. The predicted octanol–water partition coefficient (Wildman–Crippen LogP) is 1.54. The summed E-state index contributed by atoms with van der Waals surface area (Å²) in [5.74, 6) is 1.51. The summed E-state index contributed by atoms with van der Waals surface area (Å²) in [6.07, 6.45) is 0. The van der Waals surface area contributed by atoms with Crippen LogP contribution in [0.2, 0.25) is 0 Å². The third kappa shape index (κ3) is 4.36. The van der Waals surface area contributed by atoms with Crippen LogP contribution in [0.1, 0.15) is 19.4 Å². The maximum atomic E-state index is 12.3. The Morgan fingerprint density at radius 3 is 2.74 bits per heavy atom. The van der Waals surface area contributed by atoms with E-state index in [0.717, 1.165) is 30.2 Å². The first-order valence-electron chi connectivity index (χ1n) is 9.41. The highest BCUT2D eigenvalue weighted by Crippen LogP contribution is 2.33. The van der Waals surface area contributed by atoms with Crippen molar-refractivity contribution in [1.29, 1.82) is 0 Å². The molecule has 1 atom stereocenters. The van der Waals surface area contributed by atoms with Gasteiger partial charge in [-0.2, -0.15) is 0 Å². The molecule has 1 spiro atoms. The van der Waals surface area contributed by atoms with Gasteiger partial charge < -0.3 is 23.8 Å². The van der Waals surface area contributed by atoms with E-state index in [1.165, 1.54) is 0 Å². The topological polar surface area (TPSA) is 60.5 Å². The fourth-order valence-electron chi connectivity index (χ4n) is 3.88. The fourth-order valence-corrected chi connectivity index (χ4v) is 3.88. The van der Waals surface area contributed by atoms with E-state index in [1.807, 2.05) is 30.9 Å². The average Bonchev–Trinajstić information content (AvgIpc) is 2.80. The zero-order valence-electron chi connectivity index (χ0n) is 16.7. The van der Waals surface area contributed by atoms with Crippen molar-refractivity contribution in [2.45, 2.75) is 32.0 Å². The van der Waals surface area contributed by atoms with Crippen LogP contribution in [0.4, 0.5) is 0 Å². The van der Waals surface area contributed by atoms with E-state index in [1.54, 1.807) is 14.2 Å². The summed E-state index contributed by atoms with van der Waals surface area (Å²) in [4.78, 5) is 16.5. The minimum Gasteiger partial charge on any atom is -0.493 e. The zero-order chi connectivity index (χ0) is 19.4. The molecule has 3 rings (SSSR count). The first-order chi connectivity index (χ1) is 13.0. The van der Waals surface area contributed by atoms with Crippen molar-refractivity contribution in [3.05, 3.63) is 23.8 Å². The highest BCUT2D eigenvalue weighted by Gasteiger charge is 2.42. The Bertz CT molecular complexity index is 666. The number of amides is 1. The van der Waals surface area contributed by atoms with Crippen molar-refractivity contribution < 1.29 is 23.7 Å². The summed E-state index contributed by atoms with van der Waals surface area (Å²) < 4.78 is 22.8. The zero-order valence-corrected chi connectivity index (χ0v) is 16.7. The van der Waals surface area contributed by atoms with Gasteiger partial charge >= 0.3 is 0 Å². The highest BCUT2D eigenvalue weighted by molar-refractivity contribution is 5.78. The van der Waals surface area contributed by atoms with Crippen LogP contribution in [0.5, 0.6) is 11.5 Å². The monoisotopic (exact) mass is 378 g/mol. The van der Waals surface area contributed by atoms with Gasteiger partial charge in [0, 0.05) is 31.2 Å². The molecule has 1 unspecified atom stereocenters. The summed E-state index contributed by atoms with van der Waals surface area (Å²) in [6, 6.07) is 6.04. The lowest BCUT2D eigenvalue weighted by molar-refractivity contribution is -0.147. The largest absolute Gasteiger partial charge is 0.493 e. The van der Waals surface area contributed by atoms with Crippen LogP contribution in [0.25, 0.3) is 0 Å². The normalized spacial score (nSPS) is 24.3. The molecule has 0 bridgehead atoms. The van der Waals surface area contributed by atoms with Gasteiger partial charge in [-0.1, -0.05) is 12.1 Å². The Labute approximate surface area is 161 Å². The summed E-state index contributed by atoms with van der Waals surface area (Å²) in [5, 5.41) is 0. The van der Waals surface area contributed by atoms with Crippen LogP contribution >= 0.6 is 0 Å². The molecule has 0 saturated carbocycles. The number of para-hydroxylation sites is 1. The second kappa shape index (κ2) is 8.46. The molecule has 1 amide bonds. The standard InChI is InChI=1S/C20H30N2O5/c1-15(2)22-13-20(14-26-11-18(22)23)12-21(8-9-27-20)10-16-6-5-7-17(24-3)19(16)25-4/h5-7,15H,8-14H2,1-4H3. The lowest BCUT2D eigenvalue weighted by Gasteiger charge is -2.44. The smallest absolute Gasteiger partial charge is 0.248 e. The molecule has 27 heavy (non-hydrogen) atoms. The van der Waals surface area contributed by atoms with E-state index in [0.29, 0.717) is 26.3 Å². The molecule has 2 aliphatic rings. The quantitative estimate of drug-likeness (QED) is 0.775. The molecule has 2 heterocycles. The molecule has 150 valence electrons. The van der Waals surface area contributed by atoms with Crippen LogP contribution in [-0.2, 0) is 20.8 Å². The van der Waals surface area contributed by atoms with E-state index in [4.69, 9.17) is 18.9 Å². The number of ether oxygens (including phenoxy) is 4. The Morgan fingerprint density at radius 1 is 1.22 bits per heavy atom.